The van der Waals surface area contributed by atoms with E-state index in [0.29, 0.717) is 19.3 Å². The Morgan fingerprint density at radius 1 is 0.508 bits per heavy atom. The molecule has 0 amide bonds. The molecule has 0 saturated carbocycles. The first-order valence-corrected chi connectivity index (χ1v) is 24.5. The molecule has 1 N–H and O–H groups in total. The molecule has 0 heterocycles. The molecule has 8 heteroatoms. The summed E-state index contributed by atoms with van der Waals surface area (Å²) in [5.41, 5.74) is 0. The number of esters is 2. The predicted octanol–water partition coefficient (Wildman–Crippen LogP) is 14.0. The van der Waals surface area contributed by atoms with E-state index in [1.54, 1.807) is 0 Å². The van der Waals surface area contributed by atoms with Gasteiger partial charge in [-0.1, -0.05) is 187 Å². The zero-order chi connectivity index (χ0) is 46.3. The number of carboxylic acids is 1. The summed E-state index contributed by atoms with van der Waals surface area (Å²) >= 11 is 0. The molecular weight excluding hydrogens is 787 g/mol. The van der Waals surface area contributed by atoms with Crippen LogP contribution >= 0.6 is 0 Å². The third-order valence-electron chi connectivity index (χ3n) is 10.3. The number of aliphatic carboxylic acids is 1. The van der Waals surface area contributed by atoms with Gasteiger partial charge in [-0.15, -0.1) is 0 Å². The van der Waals surface area contributed by atoms with Crippen LogP contribution in [0.15, 0.2) is 109 Å². The first-order chi connectivity index (χ1) is 30.6. The summed E-state index contributed by atoms with van der Waals surface area (Å²) in [5.74, 6) is -1.55. The molecule has 0 fully saturated rings. The quantitative estimate of drug-likeness (QED) is 0.0214. The summed E-state index contributed by atoms with van der Waals surface area (Å²) in [5, 5.41) is 9.64. The number of allylic oxidation sites excluding steroid dienone is 18. The van der Waals surface area contributed by atoms with Gasteiger partial charge in [-0.05, 0) is 70.6 Å². The van der Waals surface area contributed by atoms with Crippen molar-refractivity contribution in [2.75, 3.05) is 41.0 Å². The van der Waals surface area contributed by atoms with Crippen molar-refractivity contribution in [3.05, 3.63) is 109 Å². The van der Waals surface area contributed by atoms with Gasteiger partial charge in [0.25, 0.3) is 0 Å². The second-order valence-electron chi connectivity index (χ2n) is 17.1. The summed E-state index contributed by atoms with van der Waals surface area (Å²) in [7, 11) is 5.50. The van der Waals surface area contributed by atoms with Crippen molar-refractivity contribution in [2.45, 2.75) is 180 Å². The molecule has 2 unspecified atom stereocenters. The molecular formula is C55H90NO7+. The fourth-order valence-corrected chi connectivity index (χ4v) is 6.54. The van der Waals surface area contributed by atoms with Crippen LogP contribution in [0.25, 0.3) is 0 Å². The van der Waals surface area contributed by atoms with Crippen molar-refractivity contribution in [1.82, 2.24) is 0 Å². The van der Waals surface area contributed by atoms with Crippen LogP contribution < -0.4 is 0 Å². The minimum Gasteiger partial charge on any atom is -0.477 e. The Morgan fingerprint density at radius 3 is 1.48 bits per heavy atom. The molecule has 2 atom stereocenters. The molecule has 0 radical (unpaired) electrons. The fraction of sp³-hybridized carbons (Fsp3) is 0.618. The number of ether oxygens (including phenoxy) is 3. The van der Waals surface area contributed by atoms with E-state index in [9.17, 15) is 19.5 Å². The standard InChI is InChI=1S/C55H89NO7/c1-6-8-10-12-14-16-18-20-22-24-25-26-27-28-30-31-33-35-37-39-41-43-45-53(57)62-50-51(49-61-48-47-52(55(59)60)56(3,4)5)63-54(58)46-44-42-40-38-36-34-32-29-23-21-19-17-15-13-11-9-7-2/h9,11,13-17,19-23,25-26,29,32,34,36,51-52H,6-8,10,12,18,24,27-28,30-31,33,35,37-50H2,1-5H3/p+1/b11-9+,15-13+,16-14+,19-17+,22-20+,23-21+,26-25+,32-29+,36-34+. The maximum Gasteiger partial charge on any atom is 0.362 e. The Hall–Kier alpha value is -4.01. The van der Waals surface area contributed by atoms with Crippen LogP contribution in [0.2, 0.25) is 0 Å². The number of carbonyl (C=O) groups excluding carboxylic acids is 2. The van der Waals surface area contributed by atoms with Crippen molar-refractivity contribution in [2.24, 2.45) is 0 Å². The van der Waals surface area contributed by atoms with E-state index in [4.69, 9.17) is 14.2 Å². The Morgan fingerprint density at radius 2 is 0.952 bits per heavy atom. The zero-order valence-corrected chi connectivity index (χ0v) is 40.5. The highest BCUT2D eigenvalue weighted by atomic mass is 16.6. The Balaban J connectivity index is 4.37. The van der Waals surface area contributed by atoms with Crippen LogP contribution in [0.5, 0.6) is 0 Å². The highest BCUT2D eigenvalue weighted by Crippen LogP contribution is 2.14. The third kappa shape index (κ3) is 43.0. The lowest BCUT2D eigenvalue weighted by Gasteiger charge is -2.31. The molecule has 0 spiro atoms. The van der Waals surface area contributed by atoms with Crippen molar-refractivity contribution in [1.29, 1.82) is 0 Å². The lowest BCUT2D eigenvalue weighted by molar-refractivity contribution is -0.887. The molecule has 63 heavy (non-hydrogen) atoms. The highest BCUT2D eigenvalue weighted by Gasteiger charge is 2.31. The van der Waals surface area contributed by atoms with Crippen LogP contribution in [-0.2, 0) is 28.6 Å². The minimum absolute atomic E-state index is 0.0336. The van der Waals surface area contributed by atoms with Crippen molar-refractivity contribution >= 4 is 17.9 Å². The lowest BCUT2D eigenvalue weighted by Crippen LogP contribution is -2.50. The Kier molecular flexibility index (Phi) is 41.8. The minimum atomic E-state index is -0.888. The molecule has 356 valence electrons. The molecule has 0 aliphatic carbocycles. The number of carbonyl (C=O) groups is 3. The van der Waals surface area contributed by atoms with Gasteiger partial charge in [0.2, 0.25) is 0 Å². The number of hydrogen-bond acceptors (Lipinski definition) is 6. The van der Waals surface area contributed by atoms with E-state index < -0.39 is 18.1 Å². The Labute approximate surface area is 385 Å². The molecule has 0 aliphatic rings. The van der Waals surface area contributed by atoms with E-state index in [-0.39, 0.29) is 42.7 Å². The monoisotopic (exact) mass is 877 g/mol. The van der Waals surface area contributed by atoms with Gasteiger partial charge in [-0.2, -0.15) is 0 Å². The predicted molar refractivity (Wildman–Crippen MR) is 266 cm³/mol. The van der Waals surface area contributed by atoms with E-state index in [1.165, 1.54) is 64.2 Å². The van der Waals surface area contributed by atoms with Gasteiger partial charge < -0.3 is 23.8 Å². The van der Waals surface area contributed by atoms with Gasteiger partial charge in [-0.3, -0.25) is 9.59 Å². The molecule has 8 nitrogen and oxygen atoms in total. The molecule has 0 aromatic heterocycles. The first kappa shape index (κ1) is 59.0. The first-order valence-electron chi connectivity index (χ1n) is 24.5. The summed E-state index contributed by atoms with van der Waals surface area (Å²) in [6.07, 6.45) is 61.3. The van der Waals surface area contributed by atoms with Crippen LogP contribution in [-0.4, -0.2) is 80.6 Å². The smallest absolute Gasteiger partial charge is 0.362 e. The maximum atomic E-state index is 12.8. The average molecular weight is 877 g/mol. The zero-order valence-electron chi connectivity index (χ0n) is 40.5. The van der Waals surface area contributed by atoms with Gasteiger partial charge in [0.15, 0.2) is 12.1 Å². The third-order valence-corrected chi connectivity index (χ3v) is 10.3. The van der Waals surface area contributed by atoms with Gasteiger partial charge in [0, 0.05) is 19.3 Å². The number of carboxylic acid groups (broad SMARTS) is 1. The fourth-order valence-electron chi connectivity index (χ4n) is 6.54. The Bertz CT molecular complexity index is 1390. The van der Waals surface area contributed by atoms with Crippen molar-refractivity contribution in [3.8, 4) is 0 Å². The van der Waals surface area contributed by atoms with Crippen molar-refractivity contribution < 1.29 is 38.2 Å². The molecule has 0 saturated heterocycles. The second-order valence-corrected chi connectivity index (χ2v) is 17.1. The number of hydrogen-bond donors (Lipinski definition) is 1. The molecule has 0 rings (SSSR count). The summed E-state index contributed by atoms with van der Waals surface area (Å²) < 4.78 is 17.3. The SMILES string of the molecule is CC/C=C/C=C/C=C/C=C/C=C/C=C/CCCCCC(=O)OC(COCCC(C(=O)O)[N+](C)(C)C)COC(=O)CCCCCCCCCCC/C=C/C/C=C/C/C=C/CCCCC. The number of likely N-dealkylation sites (N-methyl/N-ethyl adjacent to an activating group) is 1. The van der Waals surface area contributed by atoms with Crippen LogP contribution in [0.3, 0.4) is 0 Å². The molecule has 0 aromatic rings. The molecule has 0 aliphatic heterocycles. The second kappa shape index (κ2) is 44.6. The highest BCUT2D eigenvalue weighted by molar-refractivity contribution is 5.72. The van der Waals surface area contributed by atoms with Gasteiger partial charge >= 0.3 is 17.9 Å². The normalized spacial score (nSPS) is 13.9. The average Bonchev–Trinajstić information content (AvgIpc) is 3.24. The lowest BCUT2D eigenvalue weighted by atomic mass is 10.1. The molecule has 0 aromatic carbocycles. The number of unbranched alkanes of at least 4 members (excludes halogenated alkanes) is 15. The maximum absolute atomic E-state index is 12.8. The van der Waals surface area contributed by atoms with E-state index in [2.05, 4.69) is 62.5 Å². The van der Waals surface area contributed by atoms with E-state index in [1.807, 2.05) is 81.9 Å². The summed E-state index contributed by atoms with van der Waals surface area (Å²) in [4.78, 5) is 37.1. The van der Waals surface area contributed by atoms with Gasteiger partial charge in [0.05, 0.1) is 34.4 Å². The summed E-state index contributed by atoms with van der Waals surface area (Å²) in [6, 6.07) is -0.632. The van der Waals surface area contributed by atoms with Crippen LogP contribution in [0.4, 0.5) is 0 Å². The largest absolute Gasteiger partial charge is 0.477 e. The summed E-state index contributed by atoms with van der Waals surface area (Å²) in [6.45, 7) is 4.50. The number of quaternary nitrogens is 1. The topological polar surface area (TPSA) is 99.1 Å². The van der Waals surface area contributed by atoms with E-state index >= 15 is 0 Å². The van der Waals surface area contributed by atoms with Crippen LogP contribution in [0.1, 0.15) is 168 Å². The number of nitrogens with zero attached hydrogens (tertiary/aromatic N) is 1. The number of rotatable bonds is 42. The van der Waals surface area contributed by atoms with E-state index in [0.717, 1.165) is 64.2 Å². The van der Waals surface area contributed by atoms with Crippen molar-refractivity contribution in [3.63, 3.8) is 0 Å². The van der Waals surface area contributed by atoms with Crippen LogP contribution in [0, 0.1) is 0 Å². The molecule has 0 bridgehead atoms. The van der Waals surface area contributed by atoms with Gasteiger partial charge in [-0.25, -0.2) is 4.79 Å². The van der Waals surface area contributed by atoms with Gasteiger partial charge in [0.1, 0.15) is 6.61 Å².